The van der Waals surface area contributed by atoms with Crippen LogP contribution in [-0.4, -0.2) is 0 Å². The molecule has 0 aliphatic rings. The van der Waals surface area contributed by atoms with Crippen molar-refractivity contribution in [3.05, 3.63) is 34.9 Å². The van der Waals surface area contributed by atoms with E-state index in [4.69, 9.17) is 0 Å². The Morgan fingerprint density at radius 3 is 2.27 bits per heavy atom. The van der Waals surface area contributed by atoms with Crippen LogP contribution >= 0.6 is 0 Å². The summed E-state index contributed by atoms with van der Waals surface area (Å²) >= 11 is 0. The summed E-state index contributed by atoms with van der Waals surface area (Å²) < 4.78 is 0. The average molecular weight is 204 g/mol. The molecule has 0 spiro atoms. The Hall–Kier alpha value is -0.780. The molecule has 1 aromatic rings. The van der Waals surface area contributed by atoms with E-state index in [0.29, 0.717) is 0 Å². The monoisotopic (exact) mass is 204 g/mol. The van der Waals surface area contributed by atoms with Gasteiger partial charge in [-0.3, -0.25) is 0 Å². The number of hydrogen-bond donors (Lipinski definition) is 0. The molecule has 0 saturated heterocycles. The summed E-state index contributed by atoms with van der Waals surface area (Å²) in [5.41, 5.74) is 4.68. The fraction of sp³-hybridized carbons (Fsp3) is 0.600. The van der Waals surface area contributed by atoms with Gasteiger partial charge < -0.3 is 0 Å². The summed E-state index contributed by atoms with van der Waals surface area (Å²) in [5.74, 6) is 0. The highest BCUT2D eigenvalue weighted by molar-refractivity contribution is 5.35. The fourth-order valence-corrected chi connectivity index (χ4v) is 2.10. The van der Waals surface area contributed by atoms with Crippen LogP contribution in [0.5, 0.6) is 0 Å². The highest BCUT2D eigenvalue weighted by Gasteiger charge is 2.15. The van der Waals surface area contributed by atoms with Crippen molar-refractivity contribution in [3.63, 3.8) is 0 Å². The zero-order valence-electron chi connectivity index (χ0n) is 10.9. The van der Waals surface area contributed by atoms with E-state index in [1.54, 1.807) is 0 Å². The van der Waals surface area contributed by atoms with E-state index in [-0.39, 0.29) is 5.41 Å². The first-order valence-electron chi connectivity index (χ1n) is 6.05. The Kier molecular flexibility index (Phi) is 3.96. The highest BCUT2D eigenvalue weighted by atomic mass is 14.2. The minimum absolute atomic E-state index is 0.271. The lowest BCUT2D eigenvalue weighted by atomic mass is 9.83. The molecule has 0 aromatic heterocycles. The minimum Gasteiger partial charge on any atom is -0.0654 e. The average Bonchev–Trinajstić information content (AvgIpc) is 2.12. The van der Waals surface area contributed by atoms with Crippen molar-refractivity contribution in [1.82, 2.24) is 0 Å². The van der Waals surface area contributed by atoms with E-state index in [2.05, 4.69) is 52.8 Å². The smallest absolute Gasteiger partial charge is 0.0129 e. The van der Waals surface area contributed by atoms with Crippen LogP contribution in [-0.2, 0) is 11.8 Å². The van der Waals surface area contributed by atoms with Gasteiger partial charge in [0.25, 0.3) is 0 Å². The summed E-state index contributed by atoms with van der Waals surface area (Å²) in [6.07, 6.45) is 3.80. The van der Waals surface area contributed by atoms with Gasteiger partial charge in [0.05, 0.1) is 0 Å². The third-order valence-electron chi connectivity index (χ3n) is 2.92. The van der Waals surface area contributed by atoms with Crippen molar-refractivity contribution in [2.45, 2.75) is 59.3 Å². The number of aryl methyl sites for hydroxylation is 2. The summed E-state index contributed by atoms with van der Waals surface area (Å²) in [6.45, 7) is 11.3. The van der Waals surface area contributed by atoms with Crippen LogP contribution in [0, 0.1) is 6.92 Å². The van der Waals surface area contributed by atoms with Crippen molar-refractivity contribution in [1.29, 1.82) is 0 Å². The molecule has 0 heteroatoms. The molecule has 84 valence electrons. The zero-order chi connectivity index (χ0) is 11.5. The van der Waals surface area contributed by atoms with E-state index in [1.165, 1.54) is 36.0 Å². The molecule has 1 aromatic carbocycles. The third kappa shape index (κ3) is 3.37. The predicted molar refractivity (Wildman–Crippen MR) is 68.5 cm³/mol. The second kappa shape index (κ2) is 4.83. The van der Waals surface area contributed by atoms with Gasteiger partial charge in [-0.1, -0.05) is 52.3 Å². The van der Waals surface area contributed by atoms with Crippen molar-refractivity contribution >= 4 is 0 Å². The normalized spacial score (nSPS) is 11.8. The number of rotatable bonds is 3. The molecule has 0 aliphatic carbocycles. The second-order valence-electron chi connectivity index (χ2n) is 5.50. The molecule has 0 aliphatic heterocycles. The molecule has 0 amide bonds. The zero-order valence-corrected chi connectivity index (χ0v) is 10.9. The second-order valence-corrected chi connectivity index (χ2v) is 5.50. The van der Waals surface area contributed by atoms with Gasteiger partial charge >= 0.3 is 0 Å². The van der Waals surface area contributed by atoms with E-state index in [1.807, 2.05) is 0 Å². The third-order valence-corrected chi connectivity index (χ3v) is 2.92. The predicted octanol–water partition coefficient (Wildman–Crippen LogP) is 4.64. The minimum atomic E-state index is 0.271. The Balaban J connectivity index is 2.89. The first kappa shape index (κ1) is 12.3. The molecular weight excluding hydrogens is 180 g/mol. The Morgan fingerprint density at radius 2 is 1.80 bits per heavy atom. The maximum atomic E-state index is 2.36. The Bertz CT molecular complexity index is 315. The summed E-state index contributed by atoms with van der Waals surface area (Å²) in [5, 5.41) is 0. The maximum Gasteiger partial charge on any atom is -0.0129 e. The summed E-state index contributed by atoms with van der Waals surface area (Å²) in [7, 11) is 0. The molecule has 0 heterocycles. The molecule has 0 unspecified atom stereocenters. The van der Waals surface area contributed by atoms with Crippen LogP contribution in [0.2, 0.25) is 0 Å². The van der Waals surface area contributed by atoms with Crippen LogP contribution in [0.1, 0.15) is 57.2 Å². The first-order valence-corrected chi connectivity index (χ1v) is 6.05. The molecule has 15 heavy (non-hydrogen) atoms. The van der Waals surface area contributed by atoms with Crippen molar-refractivity contribution < 1.29 is 0 Å². The van der Waals surface area contributed by atoms with Crippen LogP contribution < -0.4 is 0 Å². The quantitative estimate of drug-likeness (QED) is 0.673. The lowest BCUT2D eigenvalue weighted by molar-refractivity contribution is 0.585. The summed E-state index contributed by atoms with van der Waals surface area (Å²) in [6, 6.07) is 6.96. The molecule has 0 nitrogen and oxygen atoms in total. The molecule has 0 N–H and O–H groups in total. The molecule has 0 radical (unpaired) electrons. The van der Waals surface area contributed by atoms with Gasteiger partial charge in [0.15, 0.2) is 0 Å². The number of hydrogen-bond acceptors (Lipinski definition) is 0. The van der Waals surface area contributed by atoms with Gasteiger partial charge in [-0.15, -0.1) is 0 Å². The van der Waals surface area contributed by atoms with Gasteiger partial charge in [-0.05, 0) is 41.9 Å². The van der Waals surface area contributed by atoms with Crippen LogP contribution in [0.15, 0.2) is 18.2 Å². The van der Waals surface area contributed by atoms with Crippen molar-refractivity contribution in [2.75, 3.05) is 0 Å². The van der Waals surface area contributed by atoms with Gasteiger partial charge in [0.1, 0.15) is 0 Å². The van der Waals surface area contributed by atoms with Crippen molar-refractivity contribution in [2.24, 2.45) is 0 Å². The molecule has 0 fully saturated rings. The lowest BCUT2D eigenvalue weighted by Gasteiger charge is -2.22. The van der Waals surface area contributed by atoms with Gasteiger partial charge in [0, 0.05) is 0 Å². The topological polar surface area (TPSA) is 0 Å². The highest BCUT2D eigenvalue weighted by Crippen LogP contribution is 2.26. The molecule has 0 atom stereocenters. The van der Waals surface area contributed by atoms with E-state index >= 15 is 0 Å². The Morgan fingerprint density at radius 1 is 1.13 bits per heavy atom. The van der Waals surface area contributed by atoms with E-state index < -0.39 is 0 Å². The van der Waals surface area contributed by atoms with Crippen molar-refractivity contribution in [3.8, 4) is 0 Å². The lowest BCUT2D eigenvalue weighted by Crippen LogP contribution is -2.13. The van der Waals surface area contributed by atoms with Crippen LogP contribution in [0.4, 0.5) is 0 Å². The standard InChI is InChI=1S/C15H24/c1-6-7-8-13-9-10-14(12(2)11-13)15(3,4)5/h9-11H,6-8H2,1-5H3. The van der Waals surface area contributed by atoms with Crippen LogP contribution in [0.25, 0.3) is 0 Å². The first-order chi connectivity index (χ1) is 6.95. The van der Waals surface area contributed by atoms with Gasteiger partial charge in [0.2, 0.25) is 0 Å². The largest absolute Gasteiger partial charge is 0.0654 e. The van der Waals surface area contributed by atoms with E-state index in [0.717, 1.165) is 0 Å². The molecular formula is C15H24. The van der Waals surface area contributed by atoms with Gasteiger partial charge in [-0.25, -0.2) is 0 Å². The SMILES string of the molecule is CCCCc1ccc(C(C)(C)C)c(C)c1. The molecule has 1 rings (SSSR count). The van der Waals surface area contributed by atoms with E-state index in [9.17, 15) is 0 Å². The molecule has 0 saturated carbocycles. The fourth-order valence-electron chi connectivity index (χ4n) is 2.10. The number of benzene rings is 1. The Labute approximate surface area is 94.7 Å². The molecule has 0 bridgehead atoms. The van der Waals surface area contributed by atoms with Crippen LogP contribution in [0.3, 0.4) is 0 Å². The van der Waals surface area contributed by atoms with Gasteiger partial charge in [-0.2, -0.15) is 0 Å². The number of unbranched alkanes of at least 4 members (excludes halogenated alkanes) is 1. The summed E-state index contributed by atoms with van der Waals surface area (Å²) in [4.78, 5) is 0. The maximum absolute atomic E-state index is 2.36.